The van der Waals surface area contributed by atoms with Crippen LogP contribution < -0.4 is 9.80 Å². The van der Waals surface area contributed by atoms with Crippen LogP contribution in [-0.2, 0) is 5.41 Å². The number of para-hydroxylation sites is 2. The second kappa shape index (κ2) is 15.8. The average molecular weight is 807 g/mol. The lowest BCUT2D eigenvalue weighted by Crippen LogP contribution is -2.22. The molecule has 0 fully saturated rings. The molecule has 0 saturated heterocycles. The maximum Gasteiger partial charge on any atom is 0.0587 e. The molecule has 2 heteroatoms. The highest BCUT2D eigenvalue weighted by molar-refractivity contribution is 6.02. The molecular formula is C61H46N2. The molecule has 0 bridgehead atoms. The van der Waals surface area contributed by atoms with Crippen LogP contribution in [0.2, 0.25) is 0 Å². The molecule has 0 radical (unpaired) electrons. The van der Waals surface area contributed by atoms with Crippen molar-refractivity contribution in [2.24, 2.45) is 0 Å². The molecule has 0 N–H and O–H groups in total. The van der Waals surface area contributed by atoms with Gasteiger partial charge in [0.2, 0.25) is 0 Å². The van der Waals surface area contributed by atoms with E-state index in [0.29, 0.717) is 0 Å². The van der Waals surface area contributed by atoms with E-state index in [0.717, 1.165) is 34.0 Å². The monoisotopic (exact) mass is 806 g/mol. The molecule has 1 aliphatic carbocycles. The van der Waals surface area contributed by atoms with Gasteiger partial charge in [-0.1, -0.05) is 208 Å². The summed E-state index contributed by atoms with van der Waals surface area (Å²) < 4.78 is 0. The summed E-state index contributed by atoms with van der Waals surface area (Å²) in [7, 11) is 0. The molecule has 0 unspecified atom stereocenters. The first-order valence-corrected chi connectivity index (χ1v) is 21.9. The van der Waals surface area contributed by atoms with Gasteiger partial charge in [0.05, 0.1) is 17.1 Å². The van der Waals surface area contributed by atoms with Gasteiger partial charge in [0.15, 0.2) is 0 Å². The summed E-state index contributed by atoms with van der Waals surface area (Å²) in [5.41, 5.74) is 18.8. The minimum atomic E-state index is -0.292. The third-order valence-electron chi connectivity index (χ3n) is 12.8. The van der Waals surface area contributed by atoms with E-state index < -0.39 is 0 Å². The Balaban J connectivity index is 1.15. The molecule has 0 aliphatic heterocycles. The van der Waals surface area contributed by atoms with Crippen LogP contribution in [0.3, 0.4) is 0 Å². The predicted octanol–water partition coefficient (Wildman–Crippen LogP) is 17.1. The predicted molar refractivity (Wildman–Crippen MR) is 267 cm³/mol. The van der Waals surface area contributed by atoms with Crippen molar-refractivity contribution in [3.05, 3.63) is 254 Å². The van der Waals surface area contributed by atoms with Crippen LogP contribution in [0, 0.1) is 0 Å². The van der Waals surface area contributed by atoms with Crippen LogP contribution in [0.4, 0.5) is 34.1 Å². The van der Waals surface area contributed by atoms with Crippen LogP contribution in [-0.4, -0.2) is 0 Å². The van der Waals surface area contributed by atoms with E-state index in [2.05, 4.69) is 266 Å². The standard InChI is InChI=1S/C61H46N2/c1-61(2)56-30-16-14-29-54(56)55-42-41-53(47-35-39-49(40-36-47)62(48-25-10-5-11-26-48)57-32-18-24-46-23-12-13-27-51(46)57)60(59(55)61)63(50-37-33-44(34-38-50)43-19-6-3-7-20-43)58-31-17-15-28-52(58)45-21-8-4-9-22-45/h3-42H,1-2H3. The molecular weight excluding hydrogens is 761 g/mol. The fraction of sp³-hybridized carbons (Fsp3) is 0.0492. The highest BCUT2D eigenvalue weighted by Gasteiger charge is 2.40. The lowest BCUT2D eigenvalue weighted by molar-refractivity contribution is 0.661. The number of benzene rings is 10. The third-order valence-corrected chi connectivity index (χ3v) is 12.8. The molecule has 63 heavy (non-hydrogen) atoms. The van der Waals surface area contributed by atoms with E-state index in [1.807, 2.05) is 0 Å². The topological polar surface area (TPSA) is 6.48 Å². The molecule has 11 rings (SSSR count). The van der Waals surface area contributed by atoms with Gasteiger partial charge in [-0.15, -0.1) is 0 Å². The first-order chi connectivity index (χ1) is 31.0. The molecule has 1 aliphatic rings. The summed E-state index contributed by atoms with van der Waals surface area (Å²) >= 11 is 0. The smallest absolute Gasteiger partial charge is 0.0587 e. The first kappa shape index (κ1) is 38.0. The number of fused-ring (bicyclic) bond motifs is 4. The Labute approximate surface area is 370 Å². The molecule has 10 aromatic carbocycles. The van der Waals surface area contributed by atoms with Gasteiger partial charge in [-0.25, -0.2) is 0 Å². The largest absolute Gasteiger partial charge is 0.310 e. The van der Waals surface area contributed by atoms with E-state index >= 15 is 0 Å². The Morgan fingerprint density at radius 3 is 1.51 bits per heavy atom. The molecule has 10 aromatic rings. The Morgan fingerprint density at radius 1 is 0.302 bits per heavy atom. The average Bonchev–Trinajstić information content (AvgIpc) is 3.59. The van der Waals surface area contributed by atoms with Crippen molar-refractivity contribution in [3.63, 3.8) is 0 Å². The quantitative estimate of drug-likeness (QED) is 0.143. The molecule has 0 amide bonds. The van der Waals surface area contributed by atoms with Crippen LogP contribution in [0.15, 0.2) is 243 Å². The van der Waals surface area contributed by atoms with Crippen molar-refractivity contribution < 1.29 is 0 Å². The number of nitrogens with zero attached hydrogens (tertiary/aromatic N) is 2. The van der Waals surface area contributed by atoms with E-state index in [1.54, 1.807) is 0 Å². The minimum absolute atomic E-state index is 0.292. The second-order valence-electron chi connectivity index (χ2n) is 16.9. The van der Waals surface area contributed by atoms with Gasteiger partial charge < -0.3 is 9.80 Å². The number of anilines is 6. The normalized spacial score (nSPS) is 12.4. The fourth-order valence-corrected chi connectivity index (χ4v) is 9.86. The third kappa shape index (κ3) is 6.68. The lowest BCUT2D eigenvalue weighted by Gasteiger charge is -2.35. The summed E-state index contributed by atoms with van der Waals surface area (Å²) in [6.45, 7) is 4.80. The van der Waals surface area contributed by atoms with Gasteiger partial charge in [-0.05, 0) is 98.4 Å². The van der Waals surface area contributed by atoms with Crippen LogP contribution in [0.1, 0.15) is 25.0 Å². The minimum Gasteiger partial charge on any atom is -0.310 e. The van der Waals surface area contributed by atoms with Crippen molar-refractivity contribution in [1.29, 1.82) is 0 Å². The number of rotatable bonds is 9. The second-order valence-corrected chi connectivity index (χ2v) is 16.9. The SMILES string of the molecule is CC1(C)c2ccccc2-c2ccc(-c3ccc(N(c4ccccc4)c4cccc5ccccc45)cc3)c(N(c3ccc(-c4ccccc4)cc3)c3ccccc3-c3ccccc3)c21. The molecule has 0 atom stereocenters. The van der Waals surface area contributed by atoms with Crippen molar-refractivity contribution >= 4 is 44.9 Å². The van der Waals surface area contributed by atoms with Gasteiger partial charge >= 0.3 is 0 Å². The molecule has 0 heterocycles. The lowest BCUT2D eigenvalue weighted by atomic mass is 9.79. The van der Waals surface area contributed by atoms with E-state index in [1.165, 1.54) is 66.5 Å². The highest BCUT2D eigenvalue weighted by Crippen LogP contribution is 2.58. The first-order valence-electron chi connectivity index (χ1n) is 21.9. The molecule has 300 valence electrons. The van der Waals surface area contributed by atoms with E-state index in [-0.39, 0.29) is 5.41 Å². The summed E-state index contributed by atoms with van der Waals surface area (Å²) in [5, 5.41) is 2.42. The summed E-state index contributed by atoms with van der Waals surface area (Å²) in [6.07, 6.45) is 0. The van der Waals surface area contributed by atoms with Gasteiger partial charge in [0.25, 0.3) is 0 Å². The Hall–Kier alpha value is -7.94. The van der Waals surface area contributed by atoms with E-state index in [9.17, 15) is 0 Å². The summed E-state index contributed by atoms with van der Waals surface area (Å²) in [4.78, 5) is 4.92. The number of hydrogen-bond acceptors (Lipinski definition) is 2. The summed E-state index contributed by atoms with van der Waals surface area (Å²) in [5.74, 6) is 0. The van der Waals surface area contributed by atoms with Crippen LogP contribution in [0.25, 0.3) is 55.3 Å². The molecule has 0 spiro atoms. The van der Waals surface area contributed by atoms with Crippen molar-refractivity contribution in [3.8, 4) is 44.5 Å². The number of hydrogen-bond donors (Lipinski definition) is 0. The zero-order valence-corrected chi connectivity index (χ0v) is 35.5. The van der Waals surface area contributed by atoms with Gasteiger partial charge in [0.1, 0.15) is 0 Å². The Morgan fingerprint density at radius 2 is 0.778 bits per heavy atom. The van der Waals surface area contributed by atoms with Crippen molar-refractivity contribution in [1.82, 2.24) is 0 Å². The Kier molecular flexibility index (Phi) is 9.55. The fourth-order valence-electron chi connectivity index (χ4n) is 9.86. The van der Waals surface area contributed by atoms with Crippen molar-refractivity contribution in [2.75, 3.05) is 9.80 Å². The molecule has 0 aromatic heterocycles. The van der Waals surface area contributed by atoms with Crippen molar-refractivity contribution in [2.45, 2.75) is 19.3 Å². The zero-order chi connectivity index (χ0) is 42.3. The van der Waals surface area contributed by atoms with Crippen LogP contribution >= 0.6 is 0 Å². The zero-order valence-electron chi connectivity index (χ0n) is 35.5. The Bertz CT molecular complexity index is 3220. The van der Waals surface area contributed by atoms with Crippen LogP contribution in [0.5, 0.6) is 0 Å². The highest BCUT2D eigenvalue weighted by atomic mass is 15.2. The maximum absolute atomic E-state index is 2.54. The molecule has 2 nitrogen and oxygen atoms in total. The van der Waals surface area contributed by atoms with Gasteiger partial charge in [-0.3, -0.25) is 0 Å². The summed E-state index contributed by atoms with van der Waals surface area (Å²) in [6, 6.07) is 88.3. The molecule has 0 saturated carbocycles. The van der Waals surface area contributed by atoms with Gasteiger partial charge in [-0.2, -0.15) is 0 Å². The van der Waals surface area contributed by atoms with Gasteiger partial charge in [0, 0.05) is 39.0 Å². The van der Waals surface area contributed by atoms with E-state index in [4.69, 9.17) is 0 Å². The maximum atomic E-state index is 2.54.